The van der Waals surface area contributed by atoms with Gasteiger partial charge in [-0.25, -0.2) is 0 Å². The number of rotatable bonds is 3. The van der Waals surface area contributed by atoms with E-state index in [-0.39, 0.29) is 10.6 Å². The van der Waals surface area contributed by atoms with Gasteiger partial charge in [0.25, 0.3) is 5.69 Å². The summed E-state index contributed by atoms with van der Waals surface area (Å²) < 4.78 is 0. The number of fused-ring (bicyclic) bond motifs is 1. The van der Waals surface area contributed by atoms with Crippen molar-refractivity contribution in [2.24, 2.45) is 23.7 Å². The highest BCUT2D eigenvalue weighted by atomic mass is 16.6. The third kappa shape index (κ3) is 2.80. The van der Waals surface area contributed by atoms with E-state index in [1.165, 1.54) is 31.0 Å². The molecule has 4 nitrogen and oxygen atoms in total. The Bertz CT molecular complexity index is 582. The summed E-state index contributed by atoms with van der Waals surface area (Å²) in [7, 11) is 0. The second-order valence-electron chi connectivity index (χ2n) is 6.60. The molecule has 4 atom stereocenters. The van der Waals surface area contributed by atoms with Gasteiger partial charge < -0.3 is 5.32 Å². The van der Waals surface area contributed by atoms with E-state index in [0.717, 1.165) is 17.5 Å². The van der Waals surface area contributed by atoms with Gasteiger partial charge in [-0.05, 0) is 36.7 Å². The summed E-state index contributed by atoms with van der Waals surface area (Å²) in [6.07, 6.45) is 6.17. The SMILES string of the molecule is CC1C=C(Nc2cccc([N+](=O)[O-])c2)[C@@H]2C[C@H](C)CC[C@@H]12. The Labute approximate surface area is 125 Å². The highest BCUT2D eigenvalue weighted by Gasteiger charge is 2.38. The Morgan fingerprint density at radius 1 is 1.29 bits per heavy atom. The van der Waals surface area contributed by atoms with E-state index in [2.05, 4.69) is 25.2 Å². The van der Waals surface area contributed by atoms with E-state index in [1.54, 1.807) is 12.1 Å². The largest absolute Gasteiger partial charge is 0.359 e. The lowest BCUT2D eigenvalue weighted by molar-refractivity contribution is -0.384. The molecule has 1 saturated carbocycles. The van der Waals surface area contributed by atoms with Crippen LogP contribution in [0.3, 0.4) is 0 Å². The Kier molecular flexibility index (Phi) is 3.70. The molecule has 21 heavy (non-hydrogen) atoms. The number of nitrogens with one attached hydrogen (secondary N) is 1. The van der Waals surface area contributed by atoms with Crippen LogP contribution in [-0.4, -0.2) is 4.92 Å². The third-order valence-corrected chi connectivity index (χ3v) is 5.03. The van der Waals surface area contributed by atoms with E-state index in [4.69, 9.17) is 0 Å². The minimum atomic E-state index is -0.345. The summed E-state index contributed by atoms with van der Waals surface area (Å²) in [6, 6.07) is 6.78. The lowest BCUT2D eigenvalue weighted by Crippen LogP contribution is -2.26. The molecule has 112 valence electrons. The lowest BCUT2D eigenvalue weighted by atomic mass is 9.73. The van der Waals surface area contributed by atoms with Gasteiger partial charge >= 0.3 is 0 Å². The first-order valence-electron chi connectivity index (χ1n) is 7.78. The van der Waals surface area contributed by atoms with Crippen molar-refractivity contribution in [2.75, 3.05) is 5.32 Å². The molecule has 2 aliphatic carbocycles. The summed E-state index contributed by atoms with van der Waals surface area (Å²) in [4.78, 5) is 10.5. The lowest BCUT2D eigenvalue weighted by Gasteiger charge is -2.33. The van der Waals surface area contributed by atoms with Crippen LogP contribution in [0.15, 0.2) is 36.0 Å². The first-order valence-corrected chi connectivity index (χ1v) is 7.78. The zero-order chi connectivity index (χ0) is 15.0. The number of nitrogens with zero attached hydrogens (tertiary/aromatic N) is 1. The fourth-order valence-corrected chi connectivity index (χ4v) is 3.92. The molecule has 0 aliphatic heterocycles. The van der Waals surface area contributed by atoms with Crippen LogP contribution in [0.5, 0.6) is 0 Å². The van der Waals surface area contributed by atoms with Crippen molar-refractivity contribution in [3.8, 4) is 0 Å². The van der Waals surface area contributed by atoms with Crippen LogP contribution < -0.4 is 5.32 Å². The minimum absolute atomic E-state index is 0.139. The van der Waals surface area contributed by atoms with Gasteiger partial charge in [0.2, 0.25) is 0 Å². The summed E-state index contributed by atoms with van der Waals surface area (Å²) in [5, 5.41) is 14.3. The smallest absolute Gasteiger partial charge is 0.271 e. The van der Waals surface area contributed by atoms with Crippen molar-refractivity contribution < 1.29 is 4.92 Å². The van der Waals surface area contributed by atoms with Gasteiger partial charge in [0.05, 0.1) is 4.92 Å². The van der Waals surface area contributed by atoms with Crippen LogP contribution >= 0.6 is 0 Å². The summed E-state index contributed by atoms with van der Waals surface area (Å²) in [5.74, 6) is 2.70. The summed E-state index contributed by atoms with van der Waals surface area (Å²) in [5.41, 5.74) is 2.22. The zero-order valence-corrected chi connectivity index (χ0v) is 12.6. The number of non-ortho nitro benzene ring substituents is 1. The molecular weight excluding hydrogens is 264 g/mol. The maximum absolute atomic E-state index is 10.9. The normalized spacial score (nSPS) is 31.4. The average molecular weight is 286 g/mol. The van der Waals surface area contributed by atoms with Gasteiger partial charge in [0.15, 0.2) is 0 Å². The molecule has 0 radical (unpaired) electrons. The monoisotopic (exact) mass is 286 g/mol. The van der Waals surface area contributed by atoms with Crippen LogP contribution in [0.4, 0.5) is 11.4 Å². The first-order chi connectivity index (χ1) is 10.0. The highest BCUT2D eigenvalue weighted by molar-refractivity contribution is 5.55. The van der Waals surface area contributed by atoms with Gasteiger partial charge in [-0.2, -0.15) is 0 Å². The van der Waals surface area contributed by atoms with Crippen LogP contribution in [0, 0.1) is 33.8 Å². The van der Waals surface area contributed by atoms with E-state index in [9.17, 15) is 10.1 Å². The molecule has 1 aromatic rings. The Balaban J connectivity index is 1.79. The van der Waals surface area contributed by atoms with E-state index in [0.29, 0.717) is 11.8 Å². The maximum atomic E-state index is 10.9. The molecular formula is C17H22N2O2. The molecule has 1 fully saturated rings. The summed E-state index contributed by atoms with van der Waals surface area (Å²) in [6.45, 7) is 4.61. The van der Waals surface area contributed by atoms with Gasteiger partial charge in [0, 0.05) is 29.4 Å². The van der Waals surface area contributed by atoms with Crippen LogP contribution in [0.25, 0.3) is 0 Å². The molecule has 0 bridgehead atoms. The summed E-state index contributed by atoms with van der Waals surface area (Å²) >= 11 is 0. The Hall–Kier alpha value is -1.84. The standard InChI is InChI=1S/C17H22N2O2/c1-11-6-7-15-12(2)9-17(16(15)8-11)18-13-4-3-5-14(10-13)19(20)21/h3-5,9-12,15-16,18H,6-8H2,1-2H3/t11-,12?,15+,16-/m1/s1. The van der Waals surface area contributed by atoms with Gasteiger partial charge in [-0.1, -0.05) is 32.4 Å². The number of hydrogen-bond acceptors (Lipinski definition) is 3. The second-order valence-corrected chi connectivity index (χ2v) is 6.60. The molecule has 1 unspecified atom stereocenters. The molecule has 0 heterocycles. The van der Waals surface area contributed by atoms with Gasteiger partial charge in [-0.3, -0.25) is 10.1 Å². The van der Waals surface area contributed by atoms with E-state index >= 15 is 0 Å². The third-order valence-electron chi connectivity index (χ3n) is 5.03. The van der Waals surface area contributed by atoms with E-state index in [1.807, 2.05) is 6.07 Å². The molecule has 4 heteroatoms. The molecule has 1 aromatic carbocycles. The van der Waals surface area contributed by atoms with Crippen LogP contribution in [0.2, 0.25) is 0 Å². The molecule has 0 amide bonds. The molecule has 0 aromatic heterocycles. The van der Waals surface area contributed by atoms with Crippen molar-refractivity contribution >= 4 is 11.4 Å². The van der Waals surface area contributed by atoms with Crippen molar-refractivity contribution in [2.45, 2.75) is 33.1 Å². The number of allylic oxidation sites excluding steroid dienone is 2. The fourth-order valence-electron chi connectivity index (χ4n) is 3.92. The molecule has 0 saturated heterocycles. The average Bonchev–Trinajstić information content (AvgIpc) is 2.75. The van der Waals surface area contributed by atoms with Crippen molar-refractivity contribution in [1.82, 2.24) is 0 Å². The van der Waals surface area contributed by atoms with Gasteiger partial charge in [0.1, 0.15) is 0 Å². The fraction of sp³-hybridized carbons (Fsp3) is 0.529. The number of anilines is 1. The maximum Gasteiger partial charge on any atom is 0.271 e. The number of hydrogen-bond donors (Lipinski definition) is 1. The van der Waals surface area contributed by atoms with Crippen LogP contribution in [-0.2, 0) is 0 Å². The highest BCUT2D eigenvalue weighted by Crippen LogP contribution is 2.47. The quantitative estimate of drug-likeness (QED) is 0.653. The predicted molar refractivity (Wildman–Crippen MR) is 84.0 cm³/mol. The molecule has 1 N–H and O–H groups in total. The molecule has 3 rings (SSSR count). The van der Waals surface area contributed by atoms with E-state index < -0.39 is 0 Å². The van der Waals surface area contributed by atoms with Crippen molar-refractivity contribution in [1.29, 1.82) is 0 Å². The molecule has 0 spiro atoms. The number of nitro groups is 1. The predicted octanol–water partition coefficient (Wildman–Crippen LogP) is 4.59. The van der Waals surface area contributed by atoms with Crippen molar-refractivity contribution in [3.63, 3.8) is 0 Å². The Morgan fingerprint density at radius 3 is 2.86 bits per heavy atom. The minimum Gasteiger partial charge on any atom is -0.359 e. The zero-order valence-electron chi connectivity index (χ0n) is 12.6. The second kappa shape index (κ2) is 5.51. The topological polar surface area (TPSA) is 55.2 Å². The van der Waals surface area contributed by atoms with Crippen LogP contribution in [0.1, 0.15) is 33.1 Å². The van der Waals surface area contributed by atoms with Crippen molar-refractivity contribution in [3.05, 3.63) is 46.2 Å². The first kappa shape index (κ1) is 14.1. The molecule has 2 aliphatic rings. The van der Waals surface area contributed by atoms with Gasteiger partial charge in [-0.15, -0.1) is 0 Å². The number of nitro benzene ring substituents is 1. The number of benzene rings is 1. The Morgan fingerprint density at radius 2 is 2.10 bits per heavy atom.